The van der Waals surface area contributed by atoms with Crippen molar-refractivity contribution >= 4 is 22.4 Å². The molecule has 0 aliphatic heterocycles. The number of pyridine rings is 1. The Labute approximate surface area is 151 Å². The van der Waals surface area contributed by atoms with E-state index in [9.17, 15) is 0 Å². The van der Waals surface area contributed by atoms with Gasteiger partial charge < -0.3 is 10.3 Å². The molecule has 4 heteroatoms. The van der Waals surface area contributed by atoms with Gasteiger partial charge in [-0.05, 0) is 23.8 Å². The molecule has 3 aromatic heterocycles. The second kappa shape index (κ2) is 5.77. The van der Waals surface area contributed by atoms with Crippen LogP contribution in [0.3, 0.4) is 0 Å². The number of imidazole rings is 1. The summed E-state index contributed by atoms with van der Waals surface area (Å²) in [5.74, 6) is 0.670. The van der Waals surface area contributed by atoms with Gasteiger partial charge in [0.15, 0.2) is 0 Å². The van der Waals surface area contributed by atoms with E-state index in [0.717, 1.165) is 23.4 Å². The molecule has 5 aromatic rings. The summed E-state index contributed by atoms with van der Waals surface area (Å²) < 4.78 is 4.20. The number of hydrogen-bond acceptors (Lipinski definition) is 2. The number of benzene rings is 2. The van der Waals surface area contributed by atoms with Gasteiger partial charge in [0.2, 0.25) is 0 Å². The van der Waals surface area contributed by atoms with Gasteiger partial charge in [0.1, 0.15) is 17.2 Å². The SMILES string of the molecule is Nc1c(-c2cn(Cc3ccccc3)c3ccccc23)nc2ccccn12. The fraction of sp³-hybridized carbons (Fsp3) is 0.0455. The van der Waals surface area contributed by atoms with E-state index in [0.29, 0.717) is 5.82 Å². The third-order valence-corrected chi connectivity index (χ3v) is 4.81. The molecule has 26 heavy (non-hydrogen) atoms. The Balaban J connectivity index is 1.72. The molecule has 5 rings (SSSR count). The Bertz CT molecular complexity index is 1220. The monoisotopic (exact) mass is 338 g/mol. The molecule has 3 heterocycles. The molecule has 2 aromatic carbocycles. The lowest BCUT2D eigenvalue weighted by Crippen LogP contribution is -1.97. The van der Waals surface area contributed by atoms with E-state index in [-0.39, 0.29) is 0 Å². The van der Waals surface area contributed by atoms with Crippen LogP contribution in [0.5, 0.6) is 0 Å². The molecule has 2 N–H and O–H groups in total. The van der Waals surface area contributed by atoms with Gasteiger partial charge in [-0.1, -0.05) is 54.6 Å². The van der Waals surface area contributed by atoms with Crippen LogP contribution in [-0.4, -0.2) is 14.0 Å². The van der Waals surface area contributed by atoms with Crippen molar-refractivity contribution in [3.05, 3.63) is 90.8 Å². The molecule has 0 unspecified atom stereocenters. The number of aromatic nitrogens is 3. The van der Waals surface area contributed by atoms with Crippen LogP contribution in [0.4, 0.5) is 5.82 Å². The van der Waals surface area contributed by atoms with Gasteiger partial charge >= 0.3 is 0 Å². The maximum atomic E-state index is 6.42. The third kappa shape index (κ3) is 2.27. The summed E-state index contributed by atoms with van der Waals surface area (Å²) in [6.45, 7) is 0.814. The first-order valence-corrected chi connectivity index (χ1v) is 8.66. The summed E-state index contributed by atoms with van der Waals surface area (Å²) in [5, 5.41) is 1.17. The summed E-state index contributed by atoms with van der Waals surface area (Å²) in [6, 6.07) is 24.8. The summed E-state index contributed by atoms with van der Waals surface area (Å²) in [7, 11) is 0. The largest absolute Gasteiger partial charge is 0.383 e. The molecule has 126 valence electrons. The number of nitrogens with zero attached hydrogens (tertiary/aromatic N) is 3. The second-order valence-electron chi connectivity index (χ2n) is 6.45. The van der Waals surface area contributed by atoms with Crippen LogP contribution in [0, 0.1) is 0 Å². The lowest BCUT2D eigenvalue weighted by molar-refractivity contribution is 0.837. The predicted octanol–water partition coefficient (Wildman–Crippen LogP) is 4.59. The van der Waals surface area contributed by atoms with Gasteiger partial charge in [-0.25, -0.2) is 4.98 Å². The van der Waals surface area contributed by atoms with Crippen molar-refractivity contribution in [3.63, 3.8) is 0 Å². The molecule has 0 bridgehead atoms. The van der Waals surface area contributed by atoms with Crippen LogP contribution in [0.2, 0.25) is 0 Å². The number of anilines is 1. The minimum absolute atomic E-state index is 0.670. The van der Waals surface area contributed by atoms with Crippen molar-refractivity contribution in [1.82, 2.24) is 14.0 Å². The quantitative estimate of drug-likeness (QED) is 0.523. The number of para-hydroxylation sites is 1. The Kier molecular flexibility index (Phi) is 3.28. The first kappa shape index (κ1) is 14.8. The molecule has 0 amide bonds. The Morgan fingerprint density at radius 2 is 1.62 bits per heavy atom. The molecule has 0 saturated heterocycles. The second-order valence-corrected chi connectivity index (χ2v) is 6.45. The highest BCUT2D eigenvalue weighted by Gasteiger charge is 2.17. The molecule has 4 nitrogen and oxygen atoms in total. The van der Waals surface area contributed by atoms with E-state index < -0.39 is 0 Å². The van der Waals surface area contributed by atoms with E-state index in [2.05, 4.69) is 59.3 Å². The molecule has 0 atom stereocenters. The van der Waals surface area contributed by atoms with Crippen LogP contribution >= 0.6 is 0 Å². The van der Waals surface area contributed by atoms with Crippen LogP contribution in [0.15, 0.2) is 85.2 Å². The summed E-state index contributed by atoms with van der Waals surface area (Å²) >= 11 is 0. The summed E-state index contributed by atoms with van der Waals surface area (Å²) in [6.07, 6.45) is 4.11. The molecule has 0 radical (unpaired) electrons. The molecule has 0 fully saturated rings. The van der Waals surface area contributed by atoms with Crippen molar-refractivity contribution in [1.29, 1.82) is 0 Å². The number of fused-ring (bicyclic) bond motifs is 2. The fourth-order valence-corrected chi connectivity index (χ4v) is 3.56. The van der Waals surface area contributed by atoms with Crippen LogP contribution in [-0.2, 0) is 6.54 Å². The first-order chi connectivity index (χ1) is 12.8. The van der Waals surface area contributed by atoms with Gasteiger partial charge in [-0.3, -0.25) is 4.40 Å². The van der Waals surface area contributed by atoms with Crippen molar-refractivity contribution in [2.24, 2.45) is 0 Å². The Morgan fingerprint density at radius 3 is 2.46 bits per heavy atom. The zero-order chi connectivity index (χ0) is 17.5. The van der Waals surface area contributed by atoms with Crippen molar-refractivity contribution in [2.45, 2.75) is 6.54 Å². The van der Waals surface area contributed by atoms with Gasteiger partial charge in [-0.15, -0.1) is 0 Å². The summed E-state index contributed by atoms with van der Waals surface area (Å²) in [5.41, 5.74) is 11.6. The Hall–Kier alpha value is -3.53. The van der Waals surface area contributed by atoms with Crippen LogP contribution < -0.4 is 5.73 Å². The normalized spacial score (nSPS) is 11.4. The third-order valence-electron chi connectivity index (χ3n) is 4.81. The van der Waals surface area contributed by atoms with E-state index >= 15 is 0 Å². The van der Waals surface area contributed by atoms with E-state index in [1.165, 1.54) is 16.5 Å². The highest BCUT2D eigenvalue weighted by Crippen LogP contribution is 2.34. The molecular formula is C22H18N4. The number of rotatable bonds is 3. The van der Waals surface area contributed by atoms with Gasteiger partial charge in [-0.2, -0.15) is 0 Å². The molecule has 0 saturated carbocycles. The van der Waals surface area contributed by atoms with Gasteiger partial charge in [0, 0.05) is 35.4 Å². The smallest absolute Gasteiger partial charge is 0.139 e. The zero-order valence-electron chi connectivity index (χ0n) is 14.2. The molecular weight excluding hydrogens is 320 g/mol. The number of nitrogens with two attached hydrogens (primary N) is 1. The first-order valence-electron chi connectivity index (χ1n) is 8.66. The van der Waals surface area contributed by atoms with E-state index in [1.54, 1.807) is 0 Å². The zero-order valence-corrected chi connectivity index (χ0v) is 14.2. The number of hydrogen-bond donors (Lipinski definition) is 1. The van der Waals surface area contributed by atoms with E-state index in [4.69, 9.17) is 10.7 Å². The topological polar surface area (TPSA) is 48.2 Å². The summed E-state index contributed by atoms with van der Waals surface area (Å²) in [4.78, 5) is 4.78. The van der Waals surface area contributed by atoms with Gasteiger partial charge in [0.25, 0.3) is 0 Å². The standard InChI is InChI=1S/C22H18N4/c23-22-21(24-20-12-6-7-13-26(20)22)18-15-25(14-16-8-2-1-3-9-16)19-11-5-4-10-17(18)19/h1-13,15H,14,23H2. The maximum Gasteiger partial charge on any atom is 0.139 e. The van der Waals surface area contributed by atoms with Crippen LogP contribution in [0.25, 0.3) is 27.8 Å². The van der Waals surface area contributed by atoms with Crippen molar-refractivity contribution < 1.29 is 0 Å². The molecule has 0 spiro atoms. The van der Waals surface area contributed by atoms with Crippen molar-refractivity contribution in [2.75, 3.05) is 5.73 Å². The maximum absolute atomic E-state index is 6.42. The highest BCUT2D eigenvalue weighted by molar-refractivity contribution is 5.98. The minimum atomic E-state index is 0.670. The van der Waals surface area contributed by atoms with Crippen molar-refractivity contribution in [3.8, 4) is 11.3 Å². The predicted molar refractivity (Wildman–Crippen MR) is 106 cm³/mol. The van der Waals surface area contributed by atoms with Gasteiger partial charge in [0.05, 0.1) is 0 Å². The average Bonchev–Trinajstić information content (AvgIpc) is 3.21. The molecule has 0 aliphatic carbocycles. The average molecular weight is 338 g/mol. The lowest BCUT2D eigenvalue weighted by atomic mass is 10.1. The van der Waals surface area contributed by atoms with E-state index in [1.807, 2.05) is 34.9 Å². The lowest BCUT2D eigenvalue weighted by Gasteiger charge is -2.05. The van der Waals surface area contributed by atoms with Crippen LogP contribution in [0.1, 0.15) is 5.56 Å². The Morgan fingerprint density at radius 1 is 0.846 bits per heavy atom. The minimum Gasteiger partial charge on any atom is -0.383 e. The highest BCUT2D eigenvalue weighted by atomic mass is 15.1. The number of nitrogen functional groups attached to an aromatic ring is 1. The fourth-order valence-electron chi connectivity index (χ4n) is 3.56. The molecule has 0 aliphatic rings.